The summed E-state index contributed by atoms with van der Waals surface area (Å²) in [6.07, 6.45) is 1.59. The van der Waals surface area contributed by atoms with Crippen LogP contribution < -0.4 is 5.32 Å². The van der Waals surface area contributed by atoms with Crippen molar-refractivity contribution in [3.05, 3.63) is 44.9 Å². The largest absolute Gasteiger partial charge is 0.352 e. The van der Waals surface area contributed by atoms with Gasteiger partial charge in [0.1, 0.15) is 11.0 Å². The molecule has 0 atom stereocenters. The van der Waals surface area contributed by atoms with Crippen molar-refractivity contribution in [2.24, 2.45) is 0 Å². The van der Waals surface area contributed by atoms with Crippen LogP contribution in [0.4, 0.5) is 4.39 Å². The minimum absolute atomic E-state index is 0.0107. The Hall–Kier alpha value is -1.53. The minimum atomic E-state index is -0.593. The first-order chi connectivity index (χ1) is 9.06. The van der Waals surface area contributed by atoms with Crippen LogP contribution in [0.3, 0.4) is 0 Å². The topological polar surface area (TPSA) is 54.9 Å². The Kier molecular flexibility index (Phi) is 4.44. The molecule has 2 heterocycles. The number of amides is 1. The summed E-state index contributed by atoms with van der Waals surface area (Å²) in [6, 6.07) is 1.07. The van der Waals surface area contributed by atoms with E-state index in [9.17, 15) is 9.18 Å². The molecule has 4 nitrogen and oxygen atoms in total. The monoisotopic (exact) mass is 299 g/mol. The molecule has 0 unspecified atom stereocenters. The van der Waals surface area contributed by atoms with Gasteiger partial charge in [-0.25, -0.2) is 14.4 Å². The molecule has 0 saturated carbocycles. The van der Waals surface area contributed by atoms with Crippen LogP contribution in [-0.2, 0) is 6.42 Å². The van der Waals surface area contributed by atoms with Gasteiger partial charge in [-0.15, -0.1) is 11.3 Å². The van der Waals surface area contributed by atoms with Crippen molar-refractivity contribution in [2.75, 3.05) is 6.54 Å². The quantitative estimate of drug-likeness (QED) is 0.883. The van der Waals surface area contributed by atoms with Crippen molar-refractivity contribution in [3.63, 3.8) is 0 Å². The summed E-state index contributed by atoms with van der Waals surface area (Å²) in [5, 5.41) is 5.58. The minimum Gasteiger partial charge on any atom is -0.352 e. The maximum atomic E-state index is 13.0. The Balaban J connectivity index is 1.92. The van der Waals surface area contributed by atoms with Crippen LogP contribution in [0, 0.1) is 12.7 Å². The summed E-state index contributed by atoms with van der Waals surface area (Å²) in [5.74, 6) is -1.03. The molecular formula is C12H11ClFN3OS. The molecule has 0 saturated heterocycles. The van der Waals surface area contributed by atoms with Crippen LogP contribution in [0.25, 0.3) is 0 Å². The highest BCUT2D eigenvalue weighted by molar-refractivity contribution is 7.09. The summed E-state index contributed by atoms with van der Waals surface area (Å²) in [7, 11) is 0. The molecule has 0 aromatic carbocycles. The lowest BCUT2D eigenvalue weighted by atomic mass is 10.2. The van der Waals surface area contributed by atoms with Crippen molar-refractivity contribution in [2.45, 2.75) is 13.3 Å². The number of hydrogen-bond donors (Lipinski definition) is 1. The molecule has 0 aliphatic carbocycles. The second-order valence-corrected chi connectivity index (χ2v) is 5.28. The third-order valence-corrected chi connectivity index (χ3v) is 3.51. The average molecular weight is 300 g/mol. The van der Waals surface area contributed by atoms with E-state index in [1.165, 1.54) is 0 Å². The van der Waals surface area contributed by atoms with Gasteiger partial charge in [0.15, 0.2) is 0 Å². The van der Waals surface area contributed by atoms with Gasteiger partial charge in [-0.1, -0.05) is 11.6 Å². The van der Waals surface area contributed by atoms with E-state index in [1.54, 1.807) is 11.3 Å². The number of aryl methyl sites for hydroxylation is 1. The summed E-state index contributed by atoms with van der Waals surface area (Å²) in [5.41, 5.74) is 0.961. The zero-order valence-corrected chi connectivity index (χ0v) is 11.7. The normalized spacial score (nSPS) is 10.5. The second-order valence-electron chi connectivity index (χ2n) is 3.86. The van der Waals surface area contributed by atoms with Gasteiger partial charge in [-0.3, -0.25) is 4.79 Å². The van der Waals surface area contributed by atoms with Crippen LogP contribution in [-0.4, -0.2) is 22.4 Å². The summed E-state index contributed by atoms with van der Waals surface area (Å²) < 4.78 is 13.0. The molecular weight excluding hydrogens is 289 g/mol. The molecule has 1 N–H and O–H groups in total. The number of hydrogen-bond acceptors (Lipinski definition) is 4. The van der Waals surface area contributed by atoms with Crippen LogP contribution in [0.5, 0.6) is 0 Å². The van der Waals surface area contributed by atoms with Crippen molar-refractivity contribution in [1.29, 1.82) is 0 Å². The first-order valence-corrected chi connectivity index (χ1v) is 6.82. The number of nitrogens with one attached hydrogen (secondary N) is 1. The van der Waals surface area contributed by atoms with Gasteiger partial charge in [-0.2, -0.15) is 0 Å². The van der Waals surface area contributed by atoms with Crippen LogP contribution >= 0.6 is 22.9 Å². The smallest absolute Gasteiger partial charge is 0.254 e. The Labute approximate surface area is 118 Å². The van der Waals surface area contributed by atoms with Gasteiger partial charge >= 0.3 is 0 Å². The molecule has 0 spiro atoms. The van der Waals surface area contributed by atoms with Crippen molar-refractivity contribution >= 4 is 28.8 Å². The SMILES string of the molecule is Cc1nc(CCNC(=O)c2cc(F)cnc2Cl)cs1. The Bertz CT molecular complexity index is 602. The highest BCUT2D eigenvalue weighted by atomic mass is 35.5. The fourth-order valence-corrected chi connectivity index (χ4v) is 2.34. The van der Waals surface area contributed by atoms with Crippen molar-refractivity contribution in [1.82, 2.24) is 15.3 Å². The first-order valence-electron chi connectivity index (χ1n) is 5.56. The first kappa shape index (κ1) is 13.9. The Morgan fingerprint density at radius 3 is 3.05 bits per heavy atom. The maximum Gasteiger partial charge on any atom is 0.254 e. The van der Waals surface area contributed by atoms with Crippen molar-refractivity contribution in [3.8, 4) is 0 Å². The molecule has 0 fully saturated rings. The number of pyridine rings is 1. The molecule has 0 radical (unpaired) electrons. The van der Waals surface area contributed by atoms with E-state index >= 15 is 0 Å². The van der Waals surface area contributed by atoms with E-state index in [1.807, 2.05) is 12.3 Å². The van der Waals surface area contributed by atoms with E-state index in [-0.39, 0.29) is 10.7 Å². The standard InChI is InChI=1S/C12H11ClFN3OS/c1-7-17-9(6-19-7)2-3-15-12(18)10-4-8(14)5-16-11(10)13/h4-6H,2-3H2,1H3,(H,15,18). The molecule has 0 aliphatic rings. The summed E-state index contributed by atoms with van der Waals surface area (Å²) in [6.45, 7) is 2.33. The number of thiazole rings is 1. The molecule has 100 valence electrons. The molecule has 2 aromatic heterocycles. The fourth-order valence-electron chi connectivity index (χ4n) is 1.50. The number of rotatable bonds is 4. The van der Waals surface area contributed by atoms with Crippen LogP contribution in [0.1, 0.15) is 21.1 Å². The Morgan fingerprint density at radius 1 is 1.58 bits per heavy atom. The van der Waals surface area contributed by atoms with Gasteiger partial charge < -0.3 is 5.32 Å². The van der Waals surface area contributed by atoms with E-state index in [2.05, 4.69) is 15.3 Å². The zero-order valence-electron chi connectivity index (χ0n) is 10.1. The van der Waals surface area contributed by atoms with Crippen LogP contribution in [0.2, 0.25) is 5.15 Å². The van der Waals surface area contributed by atoms with Gasteiger partial charge in [0.25, 0.3) is 5.91 Å². The molecule has 0 aliphatic heterocycles. The lowest BCUT2D eigenvalue weighted by Gasteiger charge is -2.05. The van der Waals surface area contributed by atoms with E-state index in [4.69, 9.17) is 11.6 Å². The number of aromatic nitrogens is 2. The molecule has 0 bridgehead atoms. The lowest BCUT2D eigenvalue weighted by molar-refractivity contribution is 0.0953. The van der Waals surface area contributed by atoms with Gasteiger partial charge in [0.2, 0.25) is 0 Å². The zero-order chi connectivity index (χ0) is 13.8. The number of nitrogens with zero attached hydrogens (tertiary/aromatic N) is 2. The van der Waals surface area contributed by atoms with E-state index in [0.29, 0.717) is 13.0 Å². The fraction of sp³-hybridized carbons (Fsp3) is 0.250. The second kappa shape index (κ2) is 6.08. The number of carbonyl (C=O) groups excluding carboxylic acids is 1. The Morgan fingerprint density at radius 2 is 2.37 bits per heavy atom. The van der Waals surface area contributed by atoms with E-state index in [0.717, 1.165) is 23.0 Å². The summed E-state index contributed by atoms with van der Waals surface area (Å²) in [4.78, 5) is 19.7. The van der Waals surface area contributed by atoms with Gasteiger partial charge in [0, 0.05) is 18.3 Å². The third-order valence-electron chi connectivity index (χ3n) is 2.38. The third kappa shape index (κ3) is 3.71. The molecule has 7 heteroatoms. The number of carbonyl (C=O) groups is 1. The van der Waals surface area contributed by atoms with Crippen LogP contribution in [0.15, 0.2) is 17.6 Å². The highest BCUT2D eigenvalue weighted by Crippen LogP contribution is 2.13. The molecule has 1 amide bonds. The van der Waals surface area contributed by atoms with E-state index < -0.39 is 11.7 Å². The number of halogens is 2. The predicted molar refractivity (Wildman–Crippen MR) is 72.1 cm³/mol. The van der Waals surface area contributed by atoms with Crippen molar-refractivity contribution < 1.29 is 9.18 Å². The maximum absolute atomic E-state index is 13.0. The molecule has 2 aromatic rings. The summed E-state index contributed by atoms with van der Waals surface area (Å²) >= 11 is 7.30. The van der Waals surface area contributed by atoms with Gasteiger partial charge in [0.05, 0.1) is 22.5 Å². The highest BCUT2D eigenvalue weighted by Gasteiger charge is 2.12. The van der Waals surface area contributed by atoms with Gasteiger partial charge in [-0.05, 0) is 13.0 Å². The average Bonchev–Trinajstić information content (AvgIpc) is 2.78. The predicted octanol–water partition coefficient (Wildman–Crippen LogP) is 2.61. The molecule has 2 rings (SSSR count). The lowest BCUT2D eigenvalue weighted by Crippen LogP contribution is -2.26. The molecule has 19 heavy (non-hydrogen) atoms.